The molecule has 1 N–H and O–H groups in total. The maximum Gasteiger partial charge on any atom is 0.315 e. The number of carbonyl (C=O) groups is 1. The molecule has 0 spiro atoms. The Bertz CT molecular complexity index is 610. The fourth-order valence-corrected chi connectivity index (χ4v) is 1.94. The quantitative estimate of drug-likeness (QED) is 0.674. The summed E-state index contributed by atoms with van der Waals surface area (Å²) in [5.41, 5.74) is 0.878. The number of nitrogens with zero attached hydrogens (tertiary/aromatic N) is 1. The van der Waals surface area contributed by atoms with Crippen LogP contribution in [0.25, 0.3) is 0 Å². The highest BCUT2D eigenvalue weighted by atomic mass is 16.6. The van der Waals surface area contributed by atoms with Crippen LogP contribution in [0.3, 0.4) is 0 Å². The van der Waals surface area contributed by atoms with Gasteiger partial charge in [-0.25, -0.2) is 0 Å². The van der Waals surface area contributed by atoms with Gasteiger partial charge in [-0.05, 0) is 11.1 Å². The molecule has 0 saturated heterocycles. The first-order valence-corrected chi connectivity index (χ1v) is 5.61. The minimum atomic E-state index is -1.04. The van der Waals surface area contributed by atoms with Crippen molar-refractivity contribution in [3.63, 3.8) is 0 Å². The molecule has 0 heterocycles. The highest BCUT2D eigenvalue weighted by molar-refractivity contribution is 5.80. The SMILES string of the molecule is O=C(O)C(c1ccccc1)c1cccc([N+](=O)[O-])c1. The van der Waals surface area contributed by atoms with Crippen LogP contribution in [0.4, 0.5) is 5.69 Å². The molecule has 96 valence electrons. The normalized spacial score (nSPS) is 11.8. The second-order valence-electron chi connectivity index (χ2n) is 4.03. The van der Waals surface area contributed by atoms with Crippen LogP contribution in [0.1, 0.15) is 17.0 Å². The number of nitro groups is 1. The predicted octanol–water partition coefficient (Wildman–Crippen LogP) is 2.81. The van der Waals surface area contributed by atoms with E-state index in [1.165, 1.54) is 18.2 Å². The zero-order valence-corrected chi connectivity index (χ0v) is 9.89. The summed E-state index contributed by atoms with van der Waals surface area (Å²) < 4.78 is 0. The maximum atomic E-state index is 11.4. The van der Waals surface area contributed by atoms with E-state index in [-0.39, 0.29) is 5.69 Å². The molecule has 2 rings (SSSR count). The van der Waals surface area contributed by atoms with Crippen molar-refractivity contribution in [2.45, 2.75) is 5.92 Å². The fraction of sp³-hybridized carbons (Fsp3) is 0.0714. The van der Waals surface area contributed by atoms with Gasteiger partial charge in [0.05, 0.1) is 4.92 Å². The van der Waals surface area contributed by atoms with Crippen molar-refractivity contribution in [3.8, 4) is 0 Å². The lowest BCUT2D eigenvalue weighted by Gasteiger charge is -2.12. The second-order valence-corrected chi connectivity index (χ2v) is 4.03. The first kappa shape index (κ1) is 12.8. The third kappa shape index (κ3) is 2.77. The van der Waals surface area contributed by atoms with Crippen molar-refractivity contribution in [1.29, 1.82) is 0 Å². The van der Waals surface area contributed by atoms with Gasteiger partial charge in [-0.3, -0.25) is 14.9 Å². The standard InChI is InChI=1S/C14H11NO4/c16-14(17)13(10-5-2-1-3-6-10)11-7-4-8-12(9-11)15(18)19/h1-9,13H,(H,16,17). The van der Waals surface area contributed by atoms with E-state index in [1.54, 1.807) is 36.4 Å². The van der Waals surface area contributed by atoms with Crippen LogP contribution in [0.15, 0.2) is 54.6 Å². The number of benzene rings is 2. The zero-order chi connectivity index (χ0) is 13.8. The van der Waals surface area contributed by atoms with Crippen LogP contribution in [-0.2, 0) is 4.79 Å². The van der Waals surface area contributed by atoms with Gasteiger partial charge in [0, 0.05) is 12.1 Å². The summed E-state index contributed by atoms with van der Waals surface area (Å²) in [7, 11) is 0. The fourth-order valence-electron chi connectivity index (χ4n) is 1.94. The third-order valence-corrected chi connectivity index (χ3v) is 2.79. The van der Waals surface area contributed by atoms with E-state index < -0.39 is 16.8 Å². The van der Waals surface area contributed by atoms with Crippen molar-refractivity contribution in [2.24, 2.45) is 0 Å². The van der Waals surface area contributed by atoms with Gasteiger partial charge in [-0.15, -0.1) is 0 Å². The Morgan fingerprint density at radius 1 is 1.05 bits per heavy atom. The molecule has 2 aromatic rings. The summed E-state index contributed by atoms with van der Waals surface area (Å²) in [5, 5.41) is 20.1. The van der Waals surface area contributed by atoms with Gasteiger partial charge < -0.3 is 5.11 Å². The summed E-state index contributed by atoms with van der Waals surface area (Å²) >= 11 is 0. The Morgan fingerprint density at radius 2 is 1.68 bits per heavy atom. The molecule has 1 atom stereocenters. The van der Waals surface area contributed by atoms with Gasteiger partial charge in [-0.1, -0.05) is 42.5 Å². The number of carboxylic acid groups (broad SMARTS) is 1. The van der Waals surface area contributed by atoms with Gasteiger partial charge in [0.2, 0.25) is 0 Å². The van der Waals surface area contributed by atoms with Gasteiger partial charge in [0.1, 0.15) is 5.92 Å². The van der Waals surface area contributed by atoms with Crippen molar-refractivity contribution < 1.29 is 14.8 Å². The van der Waals surface area contributed by atoms with Gasteiger partial charge in [-0.2, -0.15) is 0 Å². The maximum absolute atomic E-state index is 11.4. The number of hydrogen-bond acceptors (Lipinski definition) is 3. The van der Waals surface area contributed by atoms with Crippen LogP contribution in [0, 0.1) is 10.1 Å². The van der Waals surface area contributed by atoms with E-state index >= 15 is 0 Å². The Balaban J connectivity index is 2.49. The van der Waals surface area contributed by atoms with E-state index in [0.29, 0.717) is 11.1 Å². The van der Waals surface area contributed by atoms with E-state index in [9.17, 15) is 20.0 Å². The molecule has 19 heavy (non-hydrogen) atoms. The molecule has 0 aliphatic heterocycles. The Labute approximate surface area is 109 Å². The molecule has 5 nitrogen and oxygen atoms in total. The monoisotopic (exact) mass is 257 g/mol. The Morgan fingerprint density at radius 3 is 2.26 bits per heavy atom. The minimum Gasteiger partial charge on any atom is -0.481 e. The number of carboxylic acids is 1. The summed E-state index contributed by atoms with van der Waals surface area (Å²) in [4.78, 5) is 21.6. The molecule has 0 aliphatic rings. The van der Waals surface area contributed by atoms with E-state index in [1.807, 2.05) is 0 Å². The topological polar surface area (TPSA) is 80.4 Å². The Kier molecular flexibility index (Phi) is 3.56. The lowest BCUT2D eigenvalue weighted by molar-refractivity contribution is -0.384. The summed E-state index contributed by atoms with van der Waals surface area (Å²) in [6.45, 7) is 0. The molecule has 0 aromatic heterocycles. The number of hydrogen-bond donors (Lipinski definition) is 1. The second kappa shape index (κ2) is 5.30. The van der Waals surface area contributed by atoms with E-state index in [2.05, 4.69) is 0 Å². The van der Waals surface area contributed by atoms with Crippen molar-refractivity contribution in [2.75, 3.05) is 0 Å². The third-order valence-electron chi connectivity index (χ3n) is 2.79. The summed E-state index contributed by atoms with van der Waals surface area (Å²) in [6, 6.07) is 14.4. The molecule has 0 radical (unpaired) electrons. The number of nitro benzene ring substituents is 1. The van der Waals surface area contributed by atoms with E-state index in [4.69, 9.17) is 0 Å². The Hall–Kier alpha value is -2.69. The van der Waals surface area contributed by atoms with Crippen LogP contribution < -0.4 is 0 Å². The predicted molar refractivity (Wildman–Crippen MR) is 69.0 cm³/mol. The van der Waals surface area contributed by atoms with Crippen molar-refractivity contribution in [3.05, 3.63) is 75.8 Å². The van der Waals surface area contributed by atoms with Gasteiger partial charge in [0.15, 0.2) is 0 Å². The molecule has 0 saturated carbocycles. The largest absolute Gasteiger partial charge is 0.481 e. The molecule has 5 heteroatoms. The highest BCUT2D eigenvalue weighted by Crippen LogP contribution is 2.27. The summed E-state index contributed by atoms with van der Waals surface area (Å²) in [5.74, 6) is -1.94. The van der Waals surface area contributed by atoms with Gasteiger partial charge in [0.25, 0.3) is 5.69 Å². The van der Waals surface area contributed by atoms with Gasteiger partial charge >= 0.3 is 5.97 Å². The first-order valence-electron chi connectivity index (χ1n) is 5.61. The number of aliphatic carboxylic acids is 1. The smallest absolute Gasteiger partial charge is 0.315 e. The lowest BCUT2D eigenvalue weighted by Crippen LogP contribution is -2.13. The van der Waals surface area contributed by atoms with Crippen LogP contribution in [0.5, 0.6) is 0 Å². The summed E-state index contributed by atoms with van der Waals surface area (Å²) in [6.07, 6.45) is 0. The molecular formula is C14H11NO4. The van der Waals surface area contributed by atoms with Crippen LogP contribution in [0.2, 0.25) is 0 Å². The molecule has 0 aliphatic carbocycles. The first-order chi connectivity index (χ1) is 9.09. The number of non-ortho nitro benzene ring substituents is 1. The van der Waals surface area contributed by atoms with E-state index in [0.717, 1.165) is 0 Å². The average molecular weight is 257 g/mol. The number of rotatable bonds is 4. The molecule has 0 bridgehead atoms. The molecule has 2 aromatic carbocycles. The lowest BCUT2D eigenvalue weighted by atomic mass is 9.91. The zero-order valence-electron chi connectivity index (χ0n) is 9.89. The minimum absolute atomic E-state index is 0.111. The average Bonchev–Trinajstić information content (AvgIpc) is 2.40. The van der Waals surface area contributed by atoms with Crippen LogP contribution >= 0.6 is 0 Å². The van der Waals surface area contributed by atoms with Crippen molar-refractivity contribution >= 4 is 11.7 Å². The van der Waals surface area contributed by atoms with Crippen molar-refractivity contribution in [1.82, 2.24) is 0 Å². The molecule has 0 amide bonds. The molecule has 0 fully saturated rings. The highest BCUT2D eigenvalue weighted by Gasteiger charge is 2.23. The van der Waals surface area contributed by atoms with Crippen LogP contribution in [-0.4, -0.2) is 16.0 Å². The molecule has 1 unspecified atom stereocenters. The molecular weight excluding hydrogens is 246 g/mol.